The number of ether oxygens (including phenoxy) is 1. The molecule has 3 aliphatic rings. The minimum Gasteiger partial charge on any atom is -0.381 e. The zero-order valence-electron chi connectivity index (χ0n) is 11.8. The van der Waals surface area contributed by atoms with Gasteiger partial charge in [-0.25, -0.2) is 0 Å². The van der Waals surface area contributed by atoms with Crippen molar-refractivity contribution in [2.45, 2.75) is 44.4 Å². The van der Waals surface area contributed by atoms with Crippen LogP contribution in [0.15, 0.2) is 35.5 Å². The van der Waals surface area contributed by atoms with Crippen molar-refractivity contribution in [1.29, 1.82) is 0 Å². The first-order valence-corrected chi connectivity index (χ1v) is 7.40. The first-order chi connectivity index (χ1) is 9.78. The van der Waals surface area contributed by atoms with Crippen molar-refractivity contribution < 1.29 is 9.53 Å². The fourth-order valence-corrected chi connectivity index (χ4v) is 3.96. The Balaban J connectivity index is 1.74. The number of methoxy groups -OCH3 is 1. The predicted molar refractivity (Wildman–Crippen MR) is 76.0 cm³/mol. The highest BCUT2D eigenvalue weighted by molar-refractivity contribution is 5.97. The molecule has 0 radical (unpaired) electrons. The van der Waals surface area contributed by atoms with Crippen LogP contribution in [0, 0.1) is 0 Å². The van der Waals surface area contributed by atoms with Gasteiger partial charge in [0.15, 0.2) is 5.78 Å². The van der Waals surface area contributed by atoms with Gasteiger partial charge >= 0.3 is 0 Å². The van der Waals surface area contributed by atoms with E-state index in [0.717, 1.165) is 31.4 Å². The summed E-state index contributed by atoms with van der Waals surface area (Å²) in [5.41, 5.74) is 5.05. The first-order valence-electron chi connectivity index (χ1n) is 7.40. The largest absolute Gasteiger partial charge is 0.381 e. The normalized spacial score (nSPS) is 28.2. The van der Waals surface area contributed by atoms with E-state index in [1.165, 1.54) is 16.8 Å². The molecule has 104 valence electrons. The maximum absolute atomic E-state index is 12.5. The molecule has 0 amide bonds. The van der Waals surface area contributed by atoms with Gasteiger partial charge in [0.05, 0.1) is 12.1 Å². The molecule has 1 aliphatic carbocycles. The summed E-state index contributed by atoms with van der Waals surface area (Å²) in [6, 6.07) is 8.82. The van der Waals surface area contributed by atoms with Crippen LogP contribution in [0.25, 0.3) is 0 Å². The molecular formula is C17H19NO2. The molecule has 0 fully saturated rings. The lowest BCUT2D eigenvalue weighted by Gasteiger charge is -2.39. The van der Waals surface area contributed by atoms with Gasteiger partial charge in [0.2, 0.25) is 0 Å². The van der Waals surface area contributed by atoms with E-state index in [4.69, 9.17) is 4.74 Å². The van der Waals surface area contributed by atoms with Gasteiger partial charge < -0.3 is 9.64 Å². The molecule has 4 rings (SSSR count). The number of fused-ring (bicyclic) bond motifs is 4. The van der Waals surface area contributed by atoms with Crippen molar-refractivity contribution in [3.05, 3.63) is 46.7 Å². The molecular weight excluding hydrogens is 250 g/mol. The Morgan fingerprint density at radius 3 is 2.95 bits per heavy atom. The molecule has 1 aromatic carbocycles. The average molecular weight is 269 g/mol. The second-order valence-corrected chi connectivity index (χ2v) is 6.00. The number of carbonyl (C=O) groups is 1. The monoisotopic (exact) mass is 269 g/mol. The first kappa shape index (κ1) is 12.2. The van der Waals surface area contributed by atoms with E-state index in [1.54, 1.807) is 7.11 Å². The molecule has 0 aromatic heterocycles. The Hall–Kier alpha value is -1.61. The van der Waals surface area contributed by atoms with Gasteiger partial charge in [0.25, 0.3) is 0 Å². The Morgan fingerprint density at radius 2 is 2.10 bits per heavy atom. The maximum Gasteiger partial charge on any atom is 0.163 e. The summed E-state index contributed by atoms with van der Waals surface area (Å²) in [6.07, 6.45) is 3.65. The lowest BCUT2D eigenvalue weighted by atomic mass is 9.84. The van der Waals surface area contributed by atoms with Crippen LogP contribution in [0.1, 0.15) is 42.9 Å². The summed E-state index contributed by atoms with van der Waals surface area (Å²) in [6.45, 7) is 0.963. The van der Waals surface area contributed by atoms with Crippen molar-refractivity contribution in [3.63, 3.8) is 0 Å². The molecule has 2 atom stereocenters. The van der Waals surface area contributed by atoms with Crippen molar-refractivity contribution in [1.82, 2.24) is 4.90 Å². The number of Topliss-reactive ketones (excluding diaryl/α,β-unsaturated/α-hetero) is 1. The zero-order valence-corrected chi connectivity index (χ0v) is 11.8. The van der Waals surface area contributed by atoms with E-state index in [9.17, 15) is 4.79 Å². The molecule has 0 spiro atoms. The van der Waals surface area contributed by atoms with Crippen LogP contribution in [-0.2, 0) is 16.1 Å². The van der Waals surface area contributed by atoms with E-state index in [0.29, 0.717) is 12.2 Å². The smallest absolute Gasteiger partial charge is 0.163 e. The van der Waals surface area contributed by atoms with Gasteiger partial charge in [-0.1, -0.05) is 24.3 Å². The SMILES string of the molecule is COC1CCC2=C(C1)C(=O)CC1c3ccccc3CN21. The average Bonchev–Trinajstić information content (AvgIpc) is 2.86. The van der Waals surface area contributed by atoms with E-state index in [-0.39, 0.29) is 12.1 Å². The minimum absolute atomic E-state index is 0.222. The van der Waals surface area contributed by atoms with Crippen LogP contribution in [-0.4, -0.2) is 23.9 Å². The fraction of sp³-hybridized carbons (Fsp3) is 0.471. The molecule has 2 heterocycles. The summed E-state index contributed by atoms with van der Waals surface area (Å²) in [5, 5.41) is 0. The quantitative estimate of drug-likeness (QED) is 0.785. The van der Waals surface area contributed by atoms with E-state index >= 15 is 0 Å². The van der Waals surface area contributed by atoms with Gasteiger partial charge in [0, 0.05) is 37.8 Å². The van der Waals surface area contributed by atoms with Crippen LogP contribution >= 0.6 is 0 Å². The van der Waals surface area contributed by atoms with E-state index in [1.807, 2.05) is 0 Å². The molecule has 0 saturated heterocycles. The van der Waals surface area contributed by atoms with Crippen molar-refractivity contribution in [2.24, 2.45) is 0 Å². The highest BCUT2D eigenvalue weighted by Crippen LogP contribution is 2.46. The van der Waals surface area contributed by atoms with Crippen LogP contribution in [0.4, 0.5) is 0 Å². The number of hydrogen-bond donors (Lipinski definition) is 0. The highest BCUT2D eigenvalue weighted by atomic mass is 16.5. The van der Waals surface area contributed by atoms with Crippen LogP contribution in [0.3, 0.4) is 0 Å². The molecule has 0 bridgehead atoms. The van der Waals surface area contributed by atoms with E-state index in [2.05, 4.69) is 29.2 Å². The number of hydrogen-bond acceptors (Lipinski definition) is 3. The molecule has 0 N–H and O–H groups in total. The molecule has 20 heavy (non-hydrogen) atoms. The highest BCUT2D eigenvalue weighted by Gasteiger charge is 2.41. The second kappa shape index (κ2) is 4.45. The Kier molecular flexibility index (Phi) is 2.71. The maximum atomic E-state index is 12.5. The molecule has 3 nitrogen and oxygen atoms in total. The van der Waals surface area contributed by atoms with Crippen LogP contribution in [0.5, 0.6) is 0 Å². The minimum atomic E-state index is 0.222. The third-order valence-electron chi connectivity index (χ3n) is 5.01. The number of nitrogens with zero attached hydrogens (tertiary/aromatic N) is 1. The zero-order chi connectivity index (χ0) is 13.7. The Bertz CT molecular complexity index is 605. The summed E-state index contributed by atoms with van der Waals surface area (Å²) in [7, 11) is 1.75. The number of benzene rings is 1. The summed E-state index contributed by atoms with van der Waals surface area (Å²) in [4.78, 5) is 15.0. The lowest BCUT2D eigenvalue weighted by molar-refractivity contribution is -0.118. The number of ketones is 1. The number of carbonyl (C=O) groups excluding carboxylic acids is 1. The van der Waals surface area contributed by atoms with Crippen molar-refractivity contribution in [3.8, 4) is 0 Å². The van der Waals surface area contributed by atoms with Crippen molar-refractivity contribution in [2.75, 3.05) is 7.11 Å². The summed E-state index contributed by atoms with van der Waals surface area (Å²) in [5.74, 6) is 0.333. The van der Waals surface area contributed by atoms with Gasteiger partial charge in [-0.05, 0) is 24.0 Å². The Morgan fingerprint density at radius 1 is 1.25 bits per heavy atom. The number of rotatable bonds is 1. The molecule has 1 aromatic rings. The molecule has 2 aliphatic heterocycles. The third-order valence-corrected chi connectivity index (χ3v) is 5.01. The number of allylic oxidation sites excluding steroid dienone is 1. The van der Waals surface area contributed by atoms with Gasteiger partial charge in [0.1, 0.15) is 0 Å². The molecule has 2 unspecified atom stereocenters. The Labute approximate surface area is 119 Å². The summed E-state index contributed by atoms with van der Waals surface area (Å²) >= 11 is 0. The predicted octanol–water partition coefficient (Wildman–Crippen LogP) is 2.97. The lowest BCUT2D eigenvalue weighted by Crippen LogP contribution is -2.36. The summed E-state index contributed by atoms with van der Waals surface area (Å²) < 4.78 is 5.46. The molecule has 3 heteroatoms. The van der Waals surface area contributed by atoms with Gasteiger partial charge in [-0.2, -0.15) is 0 Å². The van der Waals surface area contributed by atoms with E-state index < -0.39 is 0 Å². The van der Waals surface area contributed by atoms with Gasteiger partial charge in [-0.3, -0.25) is 4.79 Å². The second-order valence-electron chi connectivity index (χ2n) is 6.00. The van der Waals surface area contributed by atoms with Crippen LogP contribution in [0.2, 0.25) is 0 Å². The molecule has 0 saturated carbocycles. The standard InChI is InChI=1S/C17H19NO2/c1-20-12-6-7-15-14(8-12)17(19)9-16-13-5-3-2-4-11(13)10-18(15)16/h2-5,12,16H,6-10H2,1H3. The van der Waals surface area contributed by atoms with Gasteiger partial charge in [-0.15, -0.1) is 0 Å². The third kappa shape index (κ3) is 1.66. The topological polar surface area (TPSA) is 29.5 Å². The fourth-order valence-electron chi connectivity index (χ4n) is 3.96. The van der Waals surface area contributed by atoms with Crippen molar-refractivity contribution >= 4 is 5.78 Å². The van der Waals surface area contributed by atoms with Crippen LogP contribution < -0.4 is 0 Å².